The fourth-order valence-corrected chi connectivity index (χ4v) is 2.88. The second-order valence-corrected chi connectivity index (χ2v) is 6.26. The summed E-state index contributed by atoms with van der Waals surface area (Å²) in [6.45, 7) is 2.54. The van der Waals surface area contributed by atoms with Gasteiger partial charge in [0.05, 0.1) is 0 Å². The summed E-state index contributed by atoms with van der Waals surface area (Å²) < 4.78 is 1.15. The summed E-state index contributed by atoms with van der Waals surface area (Å²) >= 11 is 3.57. The van der Waals surface area contributed by atoms with E-state index < -0.39 is 0 Å². The number of hydrogen-bond acceptors (Lipinski definition) is 2. The van der Waals surface area contributed by atoms with Crippen molar-refractivity contribution in [2.45, 2.75) is 25.4 Å². The third-order valence-corrected chi connectivity index (χ3v) is 4.46. The van der Waals surface area contributed by atoms with Gasteiger partial charge in [0.2, 0.25) is 0 Å². The molecule has 1 aliphatic rings. The largest absolute Gasteiger partial charge is 0.331 e. The molecule has 1 fully saturated rings. The van der Waals surface area contributed by atoms with Gasteiger partial charge < -0.3 is 15.1 Å². The van der Waals surface area contributed by atoms with Crippen LogP contribution in [0.1, 0.15) is 18.4 Å². The van der Waals surface area contributed by atoms with Crippen molar-refractivity contribution < 1.29 is 4.79 Å². The van der Waals surface area contributed by atoms with E-state index in [2.05, 4.69) is 39.4 Å². The lowest BCUT2D eigenvalue weighted by Crippen LogP contribution is -2.47. The molecular formula is C15H22BrN3O. The van der Waals surface area contributed by atoms with Crippen LogP contribution in [0.4, 0.5) is 4.79 Å². The Labute approximate surface area is 129 Å². The molecule has 1 saturated heterocycles. The average Bonchev–Trinajstić information content (AvgIpc) is 2.46. The smallest absolute Gasteiger partial charge is 0.319 e. The van der Waals surface area contributed by atoms with Crippen LogP contribution in [0.3, 0.4) is 0 Å². The van der Waals surface area contributed by atoms with E-state index in [-0.39, 0.29) is 6.03 Å². The number of piperidine rings is 1. The maximum absolute atomic E-state index is 11.9. The summed E-state index contributed by atoms with van der Waals surface area (Å²) in [4.78, 5) is 15.4. The molecule has 110 valence electrons. The van der Waals surface area contributed by atoms with Crippen molar-refractivity contribution in [2.75, 3.05) is 27.2 Å². The topological polar surface area (TPSA) is 35.6 Å². The first-order chi connectivity index (χ1) is 9.58. The maximum atomic E-state index is 11.9. The standard InChI is InChI=1S/C15H22BrN3O/c1-18(2)15(20)19-9-7-13(8-10-19)17-11-12-5-3-4-6-14(12)16/h3-6,13,17H,7-11H2,1-2H3. The molecule has 0 bridgehead atoms. The van der Waals surface area contributed by atoms with E-state index in [1.165, 1.54) is 5.56 Å². The lowest BCUT2D eigenvalue weighted by molar-refractivity contribution is 0.152. The molecule has 2 rings (SSSR count). The predicted octanol–water partition coefficient (Wildman–Crippen LogP) is 2.68. The van der Waals surface area contributed by atoms with Crippen LogP contribution in [0.15, 0.2) is 28.7 Å². The van der Waals surface area contributed by atoms with E-state index >= 15 is 0 Å². The van der Waals surface area contributed by atoms with Crippen LogP contribution >= 0.6 is 15.9 Å². The summed E-state index contributed by atoms with van der Waals surface area (Å²) in [5.74, 6) is 0. The highest BCUT2D eigenvalue weighted by Crippen LogP contribution is 2.17. The summed E-state index contributed by atoms with van der Waals surface area (Å²) in [6.07, 6.45) is 2.04. The average molecular weight is 340 g/mol. The van der Waals surface area contributed by atoms with Gasteiger partial charge in [0, 0.05) is 44.2 Å². The Hall–Kier alpha value is -1.07. The molecule has 0 spiro atoms. The zero-order valence-corrected chi connectivity index (χ0v) is 13.7. The van der Waals surface area contributed by atoms with E-state index in [0.717, 1.165) is 36.9 Å². The van der Waals surface area contributed by atoms with Crippen LogP contribution in [-0.2, 0) is 6.54 Å². The Morgan fingerprint density at radius 1 is 1.35 bits per heavy atom. The number of carbonyl (C=O) groups excluding carboxylic acids is 1. The number of carbonyl (C=O) groups is 1. The van der Waals surface area contributed by atoms with Gasteiger partial charge in [-0.3, -0.25) is 0 Å². The van der Waals surface area contributed by atoms with E-state index in [9.17, 15) is 4.79 Å². The molecule has 0 aliphatic carbocycles. The minimum atomic E-state index is 0.120. The van der Waals surface area contributed by atoms with Gasteiger partial charge in [0.1, 0.15) is 0 Å². The number of urea groups is 1. The molecule has 20 heavy (non-hydrogen) atoms. The Balaban J connectivity index is 1.78. The summed E-state index contributed by atoms with van der Waals surface area (Å²) in [5, 5.41) is 3.59. The molecule has 1 N–H and O–H groups in total. The van der Waals surface area contributed by atoms with Crippen LogP contribution < -0.4 is 5.32 Å². The number of halogens is 1. The summed E-state index contributed by atoms with van der Waals surface area (Å²) in [6, 6.07) is 8.89. The van der Waals surface area contributed by atoms with Crippen molar-refractivity contribution in [1.29, 1.82) is 0 Å². The van der Waals surface area contributed by atoms with Crippen LogP contribution in [-0.4, -0.2) is 49.1 Å². The number of benzene rings is 1. The molecule has 1 heterocycles. The van der Waals surface area contributed by atoms with Crippen molar-refractivity contribution in [1.82, 2.24) is 15.1 Å². The number of amides is 2. The van der Waals surface area contributed by atoms with Crippen molar-refractivity contribution in [3.05, 3.63) is 34.3 Å². The van der Waals surface area contributed by atoms with E-state index in [1.54, 1.807) is 19.0 Å². The number of likely N-dealkylation sites (tertiary alicyclic amines) is 1. The molecule has 1 aromatic rings. The van der Waals surface area contributed by atoms with Gasteiger partial charge in [-0.05, 0) is 24.5 Å². The van der Waals surface area contributed by atoms with Gasteiger partial charge in [0.25, 0.3) is 0 Å². The second-order valence-electron chi connectivity index (χ2n) is 5.41. The van der Waals surface area contributed by atoms with Gasteiger partial charge in [-0.2, -0.15) is 0 Å². The Morgan fingerprint density at radius 2 is 2.00 bits per heavy atom. The molecule has 0 saturated carbocycles. The molecule has 0 radical (unpaired) electrons. The molecule has 1 aliphatic heterocycles. The van der Waals surface area contributed by atoms with Gasteiger partial charge in [0.15, 0.2) is 0 Å². The Bertz CT molecular complexity index is 456. The molecular weight excluding hydrogens is 318 g/mol. The predicted molar refractivity (Wildman–Crippen MR) is 84.7 cm³/mol. The van der Waals surface area contributed by atoms with Crippen LogP contribution in [0.25, 0.3) is 0 Å². The Kier molecular flexibility index (Phi) is 5.43. The highest BCUT2D eigenvalue weighted by Gasteiger charge is 2.23. The quantitative estimate of drug-likeness (QED) is 0.918. The first-order valence-corrected chi connectivity index (χ1v) is 7.80. The van der Waals surface area contributed by atoms with E-state index in [1.807, 2.05) is 11.0 Å². The van der Waals surface area contributed by atoms with Gasteiger partial charge in [-0.25, -0.2) is 4.79 Å². The van der Waals surface area contributed by atoms with Gasteiger partial charge in [-0.15, -0.1) is 0 Å². The number of hydrogen-bond donors (Lipinski definition) is 1. The molecule has 0 unspecified atom stereocenters. The highest BCUT2D eigenvalue weighted by molar-refractivity contribution is 9.10. The van der Waals surface area contributed by atoms with E-state index in [0.29, 0.717) is 6.04 Å². The molecule has 2 amide bonds. The van der Waals surface area contributed by atoms with Gasteiger partial charge >= 0.3 is 6.03 Å². The van der Waals surface area contributed by atoms with Crippen molar-refractivity contribution in [3.63, 3.8) is 0 Å². The van der Waals surface area contributed by atoms with E-state index in [4.69, 9.17) is 0 Å². The zero-order chi connectivity index (χ0) is 14.5. The van der Waals surface area contributed by atoms with Crippen LogP contribution in [0.2, 0.25) is 0 Å². The SMILES string of the molecule is CN(C)C(=O)N1CCC(NCc2ccccc2Br)CC1. The molecule has 4 nitrogen and oxygen atoms in total. The van der Waals surface area contributed by atoms with Crippen LogP contribution in [0, 0.1) is 0 Å². The lowest BCUT2D eigenvalue weighted by atomic mass is 10.0. The van der Waals surface area contributed by atoms with Crippen LogP contribution in [0.5, 0.6) is 0 Å². The zero-order valence-electron chi connectivity index (χ0n) is 12.1. The third kappa shape index (κ3) is 3.96. The van der Waals surface area contributed by atoms with Crippen molar-refractivity contribution in [2.24, 2.45) is 0 Å². The molecule has 0 aromatic heterocycles. The number of nitrogens with one attached hydrogen (secondary N) is 1. The Morgan fingerprint density at radius 3 is 2.60 bits per heavy atom. The normalized spacial score (nSPS) is 16.2. The first kappa shape index (κ1) is 15.3. The lowest BCUT2D eigenvalue weighted by Gasteiger charge is -2.34. The highest BCUT2D eigenvalue weighted by atomic mass is 79.9. The fraction of sp³-hybridized carbons (Fsp3) is 0.533. The van der Waals surface area contributed by atoms with Crippen molar-refractivity contribution >= 4 is 22.0 Å². The summed E-state index contributed by atoms with van der Waals surface area (Å²) in [7, 11) is 3.61. The minimum Gasteiger partial charge on any atom is -0.331 e. The van der Waals surface area contributed by atoms with Crippen molar-refractivity contribution in [3.8, 4) is 0 Å². The molecule has 1 aromatic carbocycles. The third-order valence-electron chi connectivity index (χ3n) is 3.69. The number of rotatable bonds is 3. The fourth-order valence-electron chi connectivity index (χ4n) is 2.45. The molecule has 5 heteroatoms. The minimum absolute atomic E-state index is 0.120. The summed E-state index contributed by atoms with van der Waals surface area (Å²) in [5.41, 5.74) is 1.28. The maximum Gasteiger partial charge on any atom is 0.319 e. The first-order valence-electron chi connectivity index (χ1n) is 7.01. The number of nitrogens with zero attached hydrogens (tertiary/aromatic N) is 2. The van der Waals surface area contributed by atoms with Gasteiger partial charge in [-0.1, -0.05) is 34.1 Å². The monoisotopic (exact) mass is 339 g/mol. The molecule has 0 atom stereocenters. The second kappa shape index (κ2) is 7.09.